The van der Waals surface area contributed by atoms with Crippen molar-refractivity contribution in [2.75, 3.05) is 18.0 Å². The van der Waals surface area contributed by atoms with Gasteiger partial charge in [-0.1, -0.05) is 24.3 Å². The van der Waals surface area contributed by atoms with E-state index in [0.29, 0.717) is 0 Å². The third-order valence-electron chi connectivity index (χ3n) is 6.25. The maximum atomic E-state index is 13.0. The molecule has 7 heteroatoms. The van der Waals surface area contributed by atoms with E-state index in [0.717, 1.165) is 48.5 Å². The second-order valence-electron chi connectivity index (χ2n) is 9.26. The van der Waals surface area contributed by atoms with Gasteiger partial charge >= 0.3 is 0 Å². The lowest BCUT2D eigenvalue weighted by molar-refractivity contribution is 0.177. The van der Waals surface area contributed by atoms with E-state index in [9.17, 15) is 4.21 Å². The van der Waals surface area contributed by atoms with Crippen LogP contribution in [0.4, 0.5) is 5.82 Å². The second kappa shape index (κ2) is 7.75. The molecule has 2 aliphatic rings. The molecule has 1 N–H and O–H groups in total. The first kappa shape index (κ1) is 20.9. The number of hydrogen-bond donors (Lipinski definition) is 1. The number of halogens is 1. The van der Waals surface area contributed by atoms with Crippen LogP contribution in [0.25, 0.3) is 0 Å². The van der Waals surface area contributed by atoms with Crippen LogP contribution in [0.3, 0.4) is 0 Å². The summed E-state index contributed by atoms with van der Waals surface area (Å²) < 4.78 is 17.0. The minimum absolute atomic E-state index is 0.0950. The minimum atomic E-state index is -1.10. The molecule has 1 spiro atoms. The van der Waals surface area contributed by atoms with E-state index in [4.69, 9.17) is 0 Å². The van der Waals surface area contributed by atoms with Gasteiger partial charge in [0, 0.05) is 13.1 Å². The highest BCUT2D eigenvalue weighted by atomic mass is 79.9. The van der Waals surface area contributed by atoms with E-state index in [1.165, 1.54) is 11.1 Å². The summed E-state index contributed by atoms with van der Waals surface area (Å²) in [6.07, 6.45) is 4.89. The van der Waals surface area contributed by atoms with Crippen molar-refractivity contribution in [2.45, 2.75) is 57.7 Å². The summed E-state index contributed by atoms with van der Waals surface area (Å²) in [4.78, 5) is 11.5. The van der Waals surface area contributed by atoms with Crippen molar-refractivity contribution in [3.05, 3.63) is 51.9 Å². The summed E-state index contributed by atoms with van der Waals surface area (Å²) >= 11 is 3.40. The monoisotopic (exact) mass is 476 g/mol. The Hall–Kier alpha value is -1.31. The molecule has 0 amide bonds. The zero-order valence-electron chi connectivity index (χ0n) is 17.5. The molecule has 0 bridgehead atoms. The van der Waals surface area contributed by atoms with Gasteiger partial charge in [0.05, 0.1) is 33.7 Å². The number of anilines is 1. The number of benzene rings is 1. The summed E-state index contributed by atoms with van der Waals surface area (Å²) in [7, 11) is -1.10. The highest BCUT2D eigenvalue weighted by Gasteiger charge is 2.48. The van der Waals surface area contributed by atoms with Crippen LogP contribution in [0.5, 0.6) is 0 Å². The number of hydrogen-bond acceptors (Lipinski definition) is 4. The molecule has 1 aliphatic carbocycles. The molecule has 0 saturated carbocycles. The van der Waals surface area contributed by atoms with Gasteiger partial charge in [-0.15, -0.1) is 0 Å². The van der Waals surface area contributed by atoms with Crippen LogP contribution in [-0.2, 0) is 17.4 Å². The number of nitrogens with one attached hydrogen (secondary N) is 1. The first-order valence-corrected chi connectivity index (χ1v) is 12.1. The van der Waals surface area contributed by atoms with Crippen LogP contribution in [-0.4, -0.2) is 32.0 Å². The Morgan fingerprint density at radius 2 is 1.93 bits per heavy atom. The van der Waals surface area contributed by atoms with Gasteiger partial charge in [-0.2, -0.15) is 0 Å². The zero-order valence-corrected chi connectivity index (χ0v) is 19.9. The van der Waals surface area contributed by atoms with Gasteiger partial charge in [0.15, 0.2) is 0 Å². The van der Waals surface area contributed by atoms with Crippen molar-refractivity contribution in [3.63, 3.8) is 0 Å². The van der Waals surface area contributed by atoms with E-state index in [-0.39, 0.29) is 16.2 Å². The van der Waals surface area contributed by atoms with Gasteiger partial charge in [-0.25, -0.2) is 18.9 Å². The Balaban J connectivity index is 1.59. The van der Waals surface area contributed by atoms with Gasteiger partial charge in [0.25, 0.3) is 0 Å². The average Bonchev–Trinajstić information content (AvgIpc) is 2.95. The number of piperidine rings is 1. The van der Waals surface area contributed by atoms with Crippen molar-refractivity contribution in [1.29, 1.82) is 0 Å². The van der Waals surface area contributed by atoms with Gasteiger partial charge in [0.1, 0.15) is 10.4 Å². The van der Waals surface area contributed by atoms with Crippen molar-refractivity contribution < 1.29 is 4.21 Å². The van der Waals surface area contributed by atoms with Gasteiger partial charge < -0.3 is 4.90 Å². The number of nitrogens with zero attached hydrogens (tertiary/aromatic N) is 3. The van der Waals surface area contributed by atoms with Crippen LogP contribution in [0.1, 0.15) is 56.5 Å². The van der Waals surface area contributed by atoms with Gasteiger partial charge in [-0.05, 0) is 79.4 Å². The van der Waals surface area contributed by atoms with Crippen molar-refractivity contribution in [1.82, 2.24) is 14.7 Å². The topological polar surface area (TPSA) is 58.1 Å². The summed E-state index contributed by atoms with van der Waals surface area (Å²) in [6.45, 7) is 9.97. The van der Waals surface area contributed by atoms with Crippen LogP contribution in [0.15, 0.2) is 35.1 Å². The molecule has 5 nitrogen and oxygen atoms in total. The maximum absolute atomic E-state index is 13.0. The van der Waals surface area contributed by atoms with Gasteiger partial charge in [0.2, 0.25) is 0 Å². The Kier molecular flexibility index (Phi) is 5.59. The van der Waals surface area contributed by atoms with Crippen LogP contribution < -0.4 is 9.62 Å². The van der Waals surface area contributed by atoms with E-state index in [1.807, 2.05) is 27.7 Å². The largest absolute Gasteiger partial charge is 0.355 e. The molecule has 1 aliphatic heterocycles. The normalized spacial score (nSPS) is 22.0. The Bertz CT molecular complexity index is 935. The van der Waals surface area contributed by atoms with Crippen LogP contribution in [0, 0.1) is 12.3 Å². The average molecular weight is 477 g/mol. The first-order valence-electron chi connectivity index (χ1n) is 10.2. The van der Waals surface area contributed by atoms with Crippen LogP contribution >= 0.6 is 15.9 Å². The predicted octanol–water partition coefficient (Wildman–Crippen LogP) is 4.48. The molecular formula is C22H29BrN4OS. The standard InChI is InChI=1S/C22H29BrN4OS/c1-15-20(24-14-18(23)25-15)27-11-9-22(10-12-27)13-16-7-5-6-8-17(16)19(22)26-29(28)21(2,3)4/h5-8,14,19,26H,9-13H2,1-4H3/t19-,29?/m1/s1. The number of aryl methyl sites for hydroxylation is 1. The number of rotatable bonds is 3. The molecule has 1 aromatic carbocycles. The van der Waals surface area contributed by atoms with E-state index >= 15 is 0 Å². The molecule has 1 saturated heterocycles. The summed E-state index contributed by atoms with van der Waals surface area (Å²) in [5.74, 6) is 0.973. The minimum Gasteiger partial charge on any atom is -0.355 e. The molecule has 0 radical (unpaired) electrons. The molecule has 1 unspecified atom stereocenters. The summed E-state index contributed by atoms with van der Waals surface area (Å²) in [6, 6.07) is 8.78. The highest BCUT2D eigenvalue weighted by Crippen LogP contribution is 2.52. The highest BCUT2D eigenvalue weighted by molar-refractivity contribution is 9.10. The van der Waals surface area contributed by atoms with Crippen LogP contribution in [0.2, 0.25) is 0 Å². The van der Waals surface area contributed by atoms with Gasteiger partial charge in [-0.3, -0.25) is 0 Å². The Labute approximate surface area is 184 Å². The fourth-order valence-corrected chi connectivity index (χ4v) is 5.96. The van der Waals surface area contributed by atoms with E-state index in [1.54, 1.807) is 6.20 Å². The van der Waals surface area contributed by atoms with Crippen molar-refractivity contribution in [2.24, 2.45) is 5.41 Å². The Morgan fingerprint density at radius 1 is 1.24 bits per heavy atom. The van der Waals surface area contributed by atoms with E-state index < -0.39 is 11.0 Å². The molecule has 1 fully saturated rings. The Morgan fingerprint density at radius 3 is 2.59 bits per heavy atom. The number of aromatic nitrogens is 2. The lowest BCUT2D eigenvalue weighted by Crippen LogP contribution is -2.48. The van der Waals surface area contributed by atoms with Crippen molar-refractivity contribution in [3.8, 4) is 0 Å². The predicted molar refractivity (Wildman–Crippen MR) is 122 cm³/mol. The molecule has 1 aromatic heterocycles. The maximum Gasteiger partial charge on any atom is 0.150 e. The lowest BCUT2D eigenvalue weighted by atomic mass is 9.73. The van der Waals surface area contributed by atoms with Crippen molar-refractivity contribution >= 4 is 32.7 Å². The quantitative estimate of drug-likeness (QED) is 0.708. The summed E-state index contributed by atoms with van der Waals surface area (Å²) in [5.41, 5.74) is 3.76. The summed E-state index contributed by atoms with van der Waals surface area (Å²) in [5, 5.41) is 0. The second-order valence-corrected chi connectivity index (χ2v) is 12.1. The molecule has 2 heterocycles. The first-order chi connectivity index (χ1) is 13.7. The molecule has 29 heavy (non-hydrogen) atoms. The fourth-order valence-electron chi connectivity index (χ4n) is 4.65. The molecule has 2 aromatic rings. The lowest BCUT2D eigenvalue weighted by Gasteiger charge is -2.44. The smallest absolute Gasteiger partial charge is 0.150 e. The number of fused-ring (bicyclic) bond motifs is 1. The SMILES string of the molecule is Cc1nc(Br)cnc1N1CCC2(CC1)Cc1ccccc1[C@H]2NS(=O)C(C)(C)C. The molecule has 4 rings (SSSR count). The third-order valence-corrected chi connectivity index (χ3v) is 8.20. The molecule has 2 atom stereocenters. The third kappa shape index (κ3) is 4.01. The zero-order chi connectivity index (χ0) is 20.8. The van der Waals surface area contributed by atoms with E-state index in [2.05, 4.69) is 59.8 Å². The molecular weight excluding hydrogens is 448 g/mol. The molecule has 156 valence electrons. The fraction of sp³-hybridized carbons (Fsp3) is 0.545.